The summed E-state index contributed by atoms with van der Waals surface area (Å²) in [6.07, 6.45) is 1.59. The lowest BCUT2D eigenvalue weighted by Gasteiger charge is -2.34. The number of piperazine rings is 1. The molecule has 7 nitrogen and oxygen atoms in total. The molecule has 106 valence electrons. The highest BCUT2D eigenvalue weighted by atomic mass is 32.2. The van der Waals surface area contributed by atoms with Gasteiger partial charge in [0.25, 0.3) is 10.2 Å². The Kier molecular flexibility index (Phi) is 5.51. The summed E-state index contributed by atoms with van der Waals surface area (Å²) in [5.74, 6) is 0.00658. The first kappa shape index (κ1) is 15.4. The fraction of sp³-hybridized carbons (Fsp3) is 0.900. The molecule has 18 heavy (non-hydrogen) atoms. The number of nitrogens with two attached hydrogens (primary N) is 2. The third-order valence-corrected chi connectivity index (χ3v) is 4.26. The lowest BCUT2D eigenvalue weighted by molar-refractivity contribution is -0.136. The van der Waals surface area contributed by atoms with Crippen molar-refractivity contribution in [2.24, 2.45) is 16.8 Å². The third-order valence-electron chi connectivity index (χ3n) is 3.17. The Labute approximate surface area is 108 Å². The van der Waals surface area contributed by atoms with Gasteiger partial charge in [0.05, 0.1) is 0 Å². The van der Waals surface area contributed by atoms with E-state index in [2.05, 4.69) is 0 Å². The Balaban J connectivity index is 2.45. The highest BCUT2D eigenvalue weighted by Gasteiger charge is 2.28. The van der Waals surface area contributed by atoms with Crippen LogP contribution in [-0.2, 0) is 15.0 Å². The highest BCUT2D eigenvalue weighted by Crippen LogP contribution is 2.12. The Bertz CT molecular complexity index is 377. The minimum absolute atomic E-state index is 0.0606. The fourth-order valence-electron chi connectivity index (χ4n) is 2.02. The summed E-state index contributed by atoms with van der Waals surface area (Å²) >= 11 is 0. The SMILES string of the molecule is CC(CCCN)C(=O)N1CCN(S(N)(=O)=O)CC1. The molecule has 1 saturated heterocycles. The second kappa shape index (κ2) is 6.46. The first-order valence-electron chi connectivity index (χ1n) is 6.13. The van der Waals surface area contributed by atoms with Gasteiger partial charge in [-0.3, -0.25) is 4.79 Å². The van der Waals surface area contributed by atoms with Gasteiger partial charge in [0, 0.05) is 32.1 Å². The standard InChI is InChI=1S/C10H22N4O3S/c1-9(3-2-4-11)10(15)13-5-7-14(8-6-13)18(12,16)17/h9H,2-8,11H2,1H3,(H2,12,16,17). The van der Waals surface area contributed by atoms with Crippen LogP contribution >= 0.6 is 0 Å². The van der Waals surface area contributed by atoms with Gasteiger partial charge in [-0.1, -0.05) is 6.92 Å². The molecule has 0 aliphatic carbocycles. The lowest BCUT2D eigenvalue weighted by atomic mass is 10.0. The Morgan fingerprint density at radius 2 is 1.83 bits per heavy atom. The fourth-order valence-corrected chi connectivity index (χ4v) is 2.69. The number of carbonyl (C=O) groups is 1. The number of hydrogen-bond acceptors (Lipinski definition) is 4. The van der Waals surface area contributed by atoms with Crippen molar-refractivity contribution in [1.29, 1.82) is 0 Å². The maximum absolute atomic E-state index is 12.0. The summed E-state index contributed by atoms with van der Waals surface area (Å²) in [5.41, 5.74) is 5.41. The average molecular weight is 278 g/mol. The first-order chi connectivity index (χ1) is 8.36. The third kappa shape index (κ3) is 4.20. The summed E-state index contributed by atoms with van der Waals surface area (Å²) in [4.78, 5) is 13.7. The van der Waals surface area contributed by atoms with Crippen LogP contribution in [0, 0.1) is 5.92 Å². The van der Waals surface area contributed by atoms with E-state index in [1.165, 1.54) is 4.31 Å². The largest absolute Gasteiger partial charge is 0.340 e. The van der Waals surface area contributed by atoms with Gasteiger partial charge >= 0.3 is 0 Å². The van der Waals surface area contributed by atoms with Crippen molar-refractivity contribution in [2.45, 2.75) is 19.8 Å². The summed E-state index contributed by atoms with van der Waals surface area (Å²) in [5, 5.41) is 5.04. The van der Waals surface area contributed by atoms with Crippen molar-refractivity contribution in [2.75, 3.05) is 32.7 Å². The normalized spacial score (nSPS) is 19.8. The number of carbonyl (C=O) groups excluding carboxylic acids is 1. The molecule has 0 radical (unpaired) electrons. The second-order valence-electron chi connectivity index (χ2n) is 4.60. The molecule has 0 aromatic heterocycles. The van der Waals surface area contributed by atoms with Crippen molar-refractivity contribution < 1.29 is 13.2 Å². The minimum Gasteiger partial charge on any atom is -0.340 e. The van der Waals surface area contributed by atoms with Gasteiger partial charge in [0.1, 0.15) is 0 Å². The zero-order valence-electron chi connectivity index (χ0n) is 10.7. The van der Waals surface area contributed by atoms with E-state index in [0.29, 0.717) is 19.6 Å². The van der Waals surface area contributed by atoms with Crippen LogP contribution in [0.25, 0.3) is 0 Å². The number of amides is 1. The maximum atomic E-state index is 12.0. The molecule has 1 unspecified atom stereocenters. The van der Waals surface area contributed by atoms with E-state index in [1.54, 1.807) is 4.90 Å². The van der Waals surface area contributed by atoms with Gasteiger partial charge in [0.2, 0.25) is 5.91 Å². The van der Waals surface area contributed by atoms with Crippen LogP contribution in [0.4, 0.5) is 0 Å². The van der Waals surface area contributed by atoms with Crippen LogP contribution in [0.2, 0.25) is 0 Å². The Morgan fingerprint density at radius 1 is 1.28 bits per heavy atom. The Hall–Kier alpha value is -0.700. The van der Waals surface area contributed by atoms with E-state index in [0.717, 1.165) is 12.8 Å². The molecule has 1 heterocycles. The predicted molar refractivity (Wildman–Crippen MR) is 68.7 cm³/mol. The molecule has 1 amide bonds. The van der Waals surface area contributed by atoms with Crippen molar-refractivity contribution in [3.05, 3.63) is 0 Å². The number of hydrogen-bond donors (Lipinski definition) is 2. The van der Waals surface area contributed by atoms with Gasteiger partial charge in [-0.15, -0.1) is 0 Å². The highest BCUT2D eigenvalue weighted by molar-refractivity contribution is 7.86. The molecule has 1 aliphatic heterocycles. The molecule has 0 aromatic carbocycles. The molecule has 0 aromatic rings. The summed E-state index contributed by atoms with van der Waals surface area (Å²) < 4.78 is 23.4. The monoisotopic (exact) mass is 278 g/mol. The van der Waals surface area contributed by atoms with Crippen molar-refractivity contribution >= 4 is 16.1 Å². The quantitative estimate of drug-likeness (QED) is 0.652. The molecule has 0 saturated carbocycles. The second-order valence-corrected chi connectivity index (χ2v) is 6.15. The molecule has 0 spiro atoms. The zero-order valence-corrected chi connectivity index (χ0v) is 11.5. The molecule has 1 atom stereocenters. The topological polar surface area (TPSA) is 110 Å². The molecule has 1 aliphatic rings. The summed E-state index contributed by atoms with van der Waals surface area (Å²) in [7, 11) is -3.63. The van der Waals surface area contributed by atoms with Crippen LogP contribution < -0.4 is 10.9 Å². The van der Waals surface area contributed by atoms with E-state index in [-0.39, 0.29) is 24.9 Å². The van der Waals surface area contributed by atoms with E-state index < -0.39 is 10.2 Å². The van der Waals surface area contributed by atoms with Crippen molar-refractivity contribution in [3.63, 3.8) is 0 Å². The van der Waals surface area contributed by atoms with Crippen LogP contribution in [0.15, 0.2) is 0 Å². The van der Waals surface area contributed by atoms with Crippen LogP contribution in [0.3, 0.4) is 0 Å². The Morgan fingerprint density at radius 3 is 2.28 bits per heavy atom. The minimum atomic E-state index is -3.63. The predicted octanol–water partition coefficient (Wildman–Crippen LogP) is -1.29. The molecule has 4 N–H and O–H groups in total. The molecular weight excluding hydrogens is 256 g/mol. The summed E-state index contributed by atoms with van der Waals surface area (Å²) in [6.45, 7) is 3.81. The van der Waals surface area contributed by atoms with Crippen LogP contribution in [0.5, 0.6) is 0 Å². The summed E-state index contributed by atoms with van der Waals surface area (Å²) in [6, 6.07) is 0. The molecular formula is C10H22N4O3S. The van der Waals surface area contributed by atoms with Crippen molar-refractivity contribution in [3.8, 4) is 0 Å². The molecule has 8 heteroatoms. The average Bonchev–Trinajstić information content (AvgIpc) is 2.34. The first-order valence-corrected chi connectivity index (χ1v) is 7.63. The van der Waals surface area contributed by atoms with Gasteiger partial charge in [-0.25, -0.2) is 5.14 Å². The molecule has 1 fully saturated rings. The van der Waals surface area contributed by atoms with Crippen LogP contribution in [-0.4, -0.2) is 56.3 Å². The van der Waals surface area contributed by atoms with Crippen molar-refractivity contribution in [1.82, 2.24) is 9.21 Å². The van der Waals surface area contributed by atoms with Gasteiger partial charge < -0.3 is 10.6 Å². The smallest absolute Gasteiger partial charge is 0.277 e. The van der Waals surface area contributed by atoms with E-state index in [9.17, 15) is 13.2 Å². The van der Waals surface area contributed by atoms with Crippen LogP contribution in [0.1, 0.15) is 19.8 Å². The van der Waals surface area contributed by atoms with Gasteiger partial charge in [-0.05, 0) is 19.4 Å². The zero-order chi connectivity index (χ0) is 13.8. The lowest BCUT2D eigenvalue weighted by Crippen LogP contribution is -2.53. The molecule has 0 bridgehead atoms. The van der Waals surface area contributed by atoms with E-state index in [4.69, 9.17) is 10.9 Å². The van der Waals surface area contributed by atoms with E-state index >= 15 is 0 Å². The van der Waals surface area contributed by atoms with Gasteiger partial charge in [-0.2, -0.15) is 12.7 Å². The number of nitrogens with zero attached hydrogens (tertiary/aromatic N) is 2. The number of rotatable bonds is 5. The maximum Gasteiger partial charge on any atom is 0.277 e. The molecule has 1 rings (SSSR count). The van der Waals surface area contributed by atoms with Gasteiger partial charge in [0.15, 0.2) is 0 Å². The van der Waals surface area contributed by atoms with E-state index in [1.807, 2.05) is 6.92 Å².